The van der Waals surface area contributed by atoms with Crippen LogP contribution >= 0.6 is 0 Å². The minimum Gasteiger partial charge on any atom is -0.393 e. The van der Waals surface area contributed by atoms with Gasteiger partial charge in [0.15, 0.2) is 5.78 Å². The van der Waals surface area contributed by atoms with Crippen molar-refractivity contribution in [3.8, 4) is 0 Å². The van der Waals surface area contributed by atoms with Crippen LogP contribution in [0.2, 0.25) is 0 Å². The van der Waals surface area contributed by atoms with Crippen LogP contribution in [0.4, 0.5) is 0 Å². The molecule has 10 atom stereocenters. The van der Waals surface area contributed by atoms with E-state index in [4.69, 9.17) is 0 Å². The Balaban J connectivity index is 1.69. The summed E-state index contributed by atoms with van der Waals surface area (Å²) >= 11 is 0. The first-order valence-electron chi connectivity index (χ1n) is 13.1. The van der Waals surface area contributed by atoms with Gasteiger partial charge >= 0.3 is 0 Å². The van der Waals surface area contributed by atoms with Crippen LogP contribution in [0.5, 0.6) is 0 Å². The van der Waals surface area contributed by atoms with Gasteiger partial charge in [0.2, 0.25) is 0 Å². The van der Waals surface area contributed by atoms with Crippen LogP contribution in [0.25, 0.3) is 0 Å². The minimum atomic E-state index is -1.87. The Morgan fingerprint density at radius 3 is 2.34 bits per heavy atom. The topological polar surface area (TPSA) is 159 Å². The average Bonchev–Trinajstić information content (AvgIpc) is 3.05. The molecule has 0 spiro atoms. The highest BCUT2D eigenvalue weighted by Crippen LogP contribution is 2.68. The number of hydrogen-bond acceptors (Lipinski definition) is 8. The van der Waals surface area contributed by atoms with E-state index in [0.29, 0.717) is 24.8 Å². The summed E-state index contributed by atoms with van der Waals surface area (Å²) in [4.78, 5) is 13.3. The minimum absolute atomic E-state index is 0.0926. The van der Waals surface area contributed by atoms with Gasteiger partial charge in [-0.05, 0) is 88.2 Å². The number of allylic oxidation sites excluding steroid dienone is 1. The number of fused-ring (bicyclic) bond motifs is 5. The van der Waals surface area contributed by atoms with E-state index in [1.165, 1.54) is 0 Å². The molecular weight excluding hydrogens is 452 g/mol. The lowest BCUT2D eigenvalue weighted by molar-refractivity contribution is -0.195. The van der Waals surface area contributed by atoms with Crippen molar-refractivity contribution in [3.05, 3.63) is 11.6 Å². The molecule has 0 amide bonds. The van der Waals surface area contributed by atoms with Crippen molar-refractivity contribution in [1.82, 2.24) is 0 Å². The summed E-state index contributed by atoms with van der Waals surface area (Å²) in [5, 5.41) is 75.9. The summed E-state index contributed by atoms with van der Waals surface area (Å²) in [7, 11) is 0. The molecule has 0 aromatic rings. The predicted molar refractivity (Wildman–Crippen MR) is 128 cm³/mol. The highest BCUT2D eigenvalue weighted by atomic mass is 16.4. The van der Waals surface area contributed by atoms with Gasteiger partial charge < -0.3 is 35.7 Å². The smallest absolute Gasteiger partial charge is 0.159 e. The lowest BCUT2D eigenvalue weighted by Crippen LogP contribution is -2.64. The van der Waals surface area contributed by atoms with Gasteiger partial charge in [0, 0.05) is 17.3 Å². The molecule has 8 nitrogen and oxygen atoms in total. The van der Waals surface area contributed by atoms with Crippen molar-refractivity contribution in [1.29, 1.82) is 0 Å². The second kappa shape index (κ2) is 8.58. The van der Waals surface area contributed by atoms with Gasteiger partial charge in [-0.15, -0.1) is 0 Å². The second-order valence-electron chi connectivity index (χ2n) is 13.1. The third-order valence-corrected chi connectivity index (χ3v) is 10.6. The van der Waals surface area contributed by atoms with Crippen molar-refractivity contribution < 1.29 is 40.5 Å². The summed E-state index contributed by atoms with van der Waals surface area (Å²) in [5.41, 5.74) is -5.15. The van der Waals surface area contributed by atoms with E-state index in [2.05, 4.69) is 0 Å². The SMILES string of the molecule is CC(C)(O)CCC(O)C(O)(CO)C1CCC2(O)C3=CC(=O)C4CC(O)C(O)CC4(C)C3CCC12C. The normalized spacial score (nSPS) is 46.2. The fraction of sp³-hybridized carbons (Fsp3) is 0.889. The first-order valence-corrected chi connectivity index (χ1v) is 13.1. The summed E-state index contributed by atoms with van der Waals surface area (Å²) in [6.45, 7) is 6.42. The molecule has 0 heterocycles. The monoisotopic (exact) mass is 496 g/mol. The van der Waals surface area contributed by atoms with Crippen LogP contribution in [0, 0.1) is 28.6 Å². The van der Waals surface area contributed by atoms with Crippen LogP contribution in [-0.2, 0) is 4.79 Å². The van der Waals surface area contributed by atoms with Gasteiger partial charge in [0.05, 0.1) is 36.1 Å². The zero-order valence-corrected chi connectivity index (χ0v) is 21.4. The first kappa shape index (κ1) is 27.2. The van der Waals surface area contributed by atoms with Gasteiger partial charge in [-0.3, -0.25) is 4.79 Å². The molecule has 4 aliphatic carbocycles. The molecule has 10 unspecified atom stereocenters. The maximum atomic E-state index is 13.3. The van der Waals surface area contributed by atoms with Crippen molar-refractivity contribution in [2.45, 2.75) is 114 Å². The maximum absolute atomic E-state index is 13.3. The number of carbonyl (C=O) groups is 1. The van der Waals surface area contributed by atoms with Crippen LogP contribution in [0.1, 0.15) is 79.1 Å². The fourth-order valence-electron chi connectivity index (χ4n) is 8.36. The molecule has 0 aliphatic heterocycles. The van der Waals surface area contributed by atoms with Gasteiger partial charge in [-0.2, -0.15) is 0 Å². The number of ketones is 1. The van der Waals surface area contributed by atoms with E-state index >= 15 is 0 Å². The molecule has 200 valence electrons. The molecule has 3 fully saturated rings. The van der Waals surface area contributed by atoms with E-state index in [-0.39, 0.29) is 43.8 Å². The number of hydrogen-bond donors (Lipinski definition) is 7. The molecule has 4 aliphatic rings. The lowest BCUT2D eigenvalue weighted by Gasteiger charge is -2.60. The van der Waals surface area contributed by atoms with Crippen LogP contribution in [0.15, 0.2) is 11.6 Å². The van der Waals surface area contributed by atoms with Gasteiger partial charge in [0.25, 0.3) is 0 Å². The molecule has 0 bridgehead atoms. The van der Waals surface area contributed by atoms with Crippen molar-refractivity contribution in [2.24, 2.45) is 28.6 Å². The maximum Gasteiger partial charge on any atom is 0.159 e. The molecule has 8 heteroatoms. The molecule has 0 aromatic carbocycles. The Bertz CT molecular complexity index is 881. The van der Waals surface area contributed by atoms with E-state index in [1.807, 2.05) is 13.8 Å². The molecular formula is C27H44O8. The third-order valence-electron chi connectivity index (χ3n) is 10.6. The summed E-state index contributed by atoms with van der Waals surface area (Å²) in [6, 6.07) is 0. The van der Waals surface area contributed by atoms with Gasteiger partial charge in [-0.25, -0.2) is 0 Å². The Labute approximate surface area is 207 Å². The van der Waals surface area contributed by atoms with Crippen molar-refractivity contribution >= 4 is 5.78 Å². The number of aliphatic hydroxyl groups excluding tert-OH is 4. The Hall–Kier alpha value is -0.870. The van der Waals surface area contributed by atoms with E-state index in [0.717, 1.165) is 0 Å². The zero-order valence-electron chi connectivity index (χ0n) is 21.4. The number of carbonyl (C=O) groups excluding carboxylic acids is 1. The van der Waals surface area contributed by atoms with Crippen LogP contribution in [-0.4, -0.2) is 83.3 Å². The number of aliphatic hydroxyl groups is 7. The Kier molecular flexibility index (Phi) is 6.66. The highest BCUT2D eigenvalue weighted by Gasteiger charge is 2.69. The molecule has 35 heavy (non-hydrogen) atoms. The summed E-state index contributed by atoms with van der Waals surface area (Å²) in [6.07, 6.45) is 1.000. The van der Waals surface area contributed by atoms with Crippen molar-refractivity contribution in [2.75, 3.05) is 6.61 Å². The molecule has 0 aromatic heterocycles. The first-order chi connectivity index (χ1) is 16.0. The summed E-state index contributed by atoms with van der Waals surface area (Å²) in [5.74, 6) is -1.33. The largest absolute Gasteiger partial charge is 0.393 e. The molecule has 0 radical (unpaired) electrons. The number of rotatable bonds is 6. The quantitative estimate of drug-likeness (QED) is 0.285. The lowest BCUT2D eigenvalue weighted by atomic mass is 9.45. The average molecular weight is 497 g/mol. The molecule has 0 saturated heterocycles. The van der Waals surface area contributed by atoms with E-state index < -0.39 is 64.4 Å². The van der Waals surface area contributed by atoms with E-state index in [9.17, 15) is 40.5 Å². The molecule has 7 N–H and O–H groups in total. The van der Waals surface area contributed by atoms with Crippen molar-refractivity contribution in [3.63, 3.8) is 0 Å². The zero-order chi connectivity index (χ0) is 26.2. The molecule has 4 rings (SSSR count). The van der Waals surface area contributed by atoms with Gasteiger partial charge in [-0.1, -0.05) is 13.8 Å². The predicted octanol–water partition coefficient (Wildman–Crippen LogP) is 0.826. The van der Waals surface area contributed by atoms with Crippen LogP contribution < -0.4 is 0 Å². The van der Waals surface area contributed by atoms with Crippen LogP contribution in [0.3, 0.4) is 0 Å². The van der Waals surface area contributed by atoms with E-state index in [1.54, 1.807) is 19.9 Å². The second-order valence-corrected chi connectivity index (χ2v) is 13.1. The summed E-state index contributed by atoms with van der Waals surface area (Å²) < 4.78 is 0. The Morgan fingerprint density at radius 1 is 1.09 bits per heavy atom. The standard InChI is InChI=1S/C27H44O8/c1-23(2,33)8-7-22(32)26(34,14-28)21-6-10-27(35)16-11-18(29)17-12-19(30)20(31)13-24(17,3)15(16)5-9-25(21,27)4/h11,15,17,19-22,28,30-35H,5-10,12-14H2,1-4H3. The fourth-order valence-corrected chi connectivity index (χ4v) is 8.36. The Morgan fingerprint density at radius 2 is 1.74 bits per heavy atom. The molecule has 3 saturated carbocycles. The van der Waals surface area contributed by atoms with Gasteiger partial charge in [0.1, 0.15) is 5.60 Å². The third kappa shape index (κ3) is 3.95. The highest BCUT2D eigenvalue weighted by molar-refractivity contribution is 5.95.